The molecule has 0 spiro atoms. The zero-order valence-electron chi connectivity index (χ0n) is 10.8. The van der Waals surface area contributed by atoms with Gasteiger partial charge in [-0.1, -0.05) is 44.9 Å². The van der Waals surface area contributed by atoms with Crippen LogP contribution in [0.1, 0.15) is 50.7 Å². The SMILES string of the molecule is CCCCc1cccc(CCCC)c1OC#N. The van der Waals surface area contributed by atoms with Gasteiger partial charge in [0, 0.05) is 0 Å². The lowest BCUT2D eigenvalue weighted by atomic mass is 10.0. The Morgan fingerprint density at radius 3 is 2.00 bits per heavy atom. The number of hydrogen-bond donors (Lipinski definition) is 0. The van der Waals surface area contributed by atoms with Crippen molar-refractivity contribution in [3.63, 3.8) is 0 Å². The lowest BCUT2D eigenvalue weighted by molar-refractivity contribution is 0.490. The summed E-state index contributed by atoms with van der Waals surface area (Å²) in [5.74, 6) is 0.803. The number of para-hydroxylation sites is 1. The van der Waals surface area contributed by atoms with E-state index in [1.807, 2.05) is 6.26 Å². The van der Waals surface area contributed by atoms with Gasteiger partial charge in [0.1, 0.15) is 5.75 Å². The maximum absolute atomic E-state index is 8.75. The fourth-order valence-electron chi connectivity index (χ4n) is 1.94. The molecule has 1 rings (SSSR count). The van der Waals surface area contributed by atoms with Crippen molar-refractivity contribution >= 4 is 0 Å². The number of hydrogen-bond acceptors (Lipinski definition) is 2. The molecule has 0 saturated carbocycles. The van der Waals surface area contributed by atoms with Gasteiger partial charge in [-0.05, 0) is 36.8 Å². The summed E-state index contributed by atoms with van der Waals surface area (Å²) in [5, 5.41) is 8.75. The summed E-state index contributed by atoms with van der Waals surface area (Å²) in [5.41, 5.74) is 2.34. The van der Waals surface area contributed by atoms with Crippen LogP contribution in [0.15, 0.2) is 18.2 Å². The lowest BCUT2D eigenvalue weighted by Gasteiger charge is -2.11. The maximum atomic E-state index is 8.75. The van der Waals surface area contributed by atoms with Gasteiger partial charge in [-0.15, -0.1) is 5.26 Å². The normalized spacial score (nSPS) is 9.94. The van der Waals surface area contributed by atoms with E-state index >= 15 is 0 Å². The van der Waals surface area contributed by atoms with Gasteiger partial charge < -0.3 is 4.74 Å². The zero-order valence-corrected chi connectivity index (χ0v) is 10.8. The molecule has 0 N–H and O–H groups in total. The predicted octanol–water partition coefficient (Wildman–Crippen LogP) is 4.23. The van der Waals surface area contributed by atoms with Crippen molar-refractivity contribution < 1.29 is 4.74 Å². The highest BCUT2D eigenvalue weighted by molar-refractivity contribution is 5.42. The summed E-state index contributed by atoms with van der Waals surface area (Å²) in [4.78, 5) is 0. The number of benzene rings is 1. The molecule has 1 aromatic rings. The van der Waals surface area contributed by atoms with Crippen molar-refractivity contribution in [3.8, 4) is 12.0 Å². The smallest absolute Gasteiger partial charge is 0.292 e. The Bertz CT molecular complexity index is 353. The van der Waals surface area contributed by atoms with Gasteiger partial charge in [-0.2, -0.15) is 0 Å². The van der Waals surface area contributed by atoms with E-state index in [1.165, 1.54) is 11.1 Å². The second kappa shape index (κ2) is 7.73. The molecule has 1 aromatic carbocycles. The summed E-state index contributed by atoms with van der Waals surface area (Å²) in [7, 11) is 0. The minimum atomic E-state index is 0.803. The number of unbranched alkanes of at least 4 members (excludes halogenated alkanes) is 2. The van der Waals surface area contributed by atoms with Crippen LogP contribution in [0.5, 0.6) is 5.75 Å². The first kappa shape index (κ1) is 13.6. The third-order valence-corrected chi connectivity index (χ3v) is 2.93. The quantitative estimate of drug-likeness (QED) is 0.658. The van der Waals surface area contributed by atoms with E-state index in [9.17, 15) is 0 Å². The second-order valence-electron chi connectivity index (χ2n) is 4.31. The summed E-state index contributed by atoms with van der Waals surface area (Å²) in [6.07, 6.45) is 8.40. The molecule has 17 heavy (non-hydrogen) atoms. The molecule has 0 aliphatic rings. The van der Waals surface area contributed by atoms with Gasteiger partial charge in [0.15, 0.2) is 0 Å². The number of rotatable bonds is 7. The first-order valence-corrected chi connectivity index (χ1v) is 6.50. The first-order valence-electron chi connectivity index (χ1n) is 6.50. The minimum absolute atomic E-state index is 0.803. The highest BCUT2D eigenvalue weighted by Gasteiger charge is 2.09. The molecule has 0 aromatic heterocycles. The van der Waals surface area contributed by atoms with E-state index in [0.29, 0.717) is 0 Å². The Labute approximate surface area is 104 Å². The van der Waals surface area contributed by atoms with Crippen LogP contribution in [-0.2, 0) is 12.8 Å². The molecule has 0 aliphatic carbocycles. The number of ether oxygens (including phenoxy) is 1. The highest BCUT2D eigenvalue weighted by Crippen LogP contribution is 2.27. The van der Waals surface area contributed by atoms with E-state index in [2.05, 4.69) is 32.0 Å². The molecule has 0 heterocycles. The van der Waals surface area contributed by atoms with Crippen LogP contribution in [0.3, 0.4) is 0 Å². The first-order chi connectivity index (χ1) is 8.33. The standard InChI is InChI=1S/C15H21NO/c1-3-5-8-13-10-7-11-14(9-6-4-2)15(13)17-12-16/h7,10-11H,3-6,8-9H2,1-2H3. The van der Waals surface area contributed by atoms with Crippen LogP contribution in [-0.4, -0.2) is 0 Å². The van der Waals surface area contributed by atoms with Gasteiger partial charge >= 0.3 is 0 Å². The number of nitriles is 1. The van der Waals surface area contributed by atoms with Crippen LogP contribution in [0.2, 0.25) is 0 Å². The van der Waals surface area contributed by atoms with Crippen LogP contribution >= 0.6 is 0 Å². The van der Waals surface area contributed by atoms with E-state index in [0.717, 1.165) is 44.3 Å². The predicted molar refractivity (Wildman–Crippen MR) is 69.9 cm³/mol. The lowest BCUT2D eigenvalue weighted by Crippen LogP contribution is -1.97. The Morgan fingerprint density at radius 2 is 1.59 bits per heavy atom. The van der Waals surface area contributed by atoms with Crippen molar-refractivity contribution in [1.82, 2.24) is 0 Å². The average Bonchev–Trinajstić information content (AvgIpc) is 2.36. The molecule has 0 radical (unpaired) electrons. The highest BCUT2D eigenvalue weighted by atomic mass is 16.5. The van der Waals surface area contributed by atoms with Crippen molar-refractivity contribution in [3.05, 3.63) is 29.3 Å². The van der Waals surface area contributed by atoms with Crippen molar-refractivity contribution in [2.75, 3.05) is 0 Å². The third kappa shape index (κ3) is 4.11. The Morgan fingerprint density at radius 1 is 1.06 bits per heavy atom. The average molecular weight is 231 g/mol. The molecule has 0 amide bonds. The summed E-state index contributed by atoms with van der Waals surface area (Å²) in [6.45, 7) is 4.34. The fourth-order valence-corrected chi connectivity index (χ4v) is 1.94. The topological polar surface area (TPSA) is 33.0 Å². The molecule has 2 heteroatoms. The Balaban J connectivity index is 2.91. The number of aryl methyl sites for hydroxylation is 2. The minimum Gasteiger partial charge on any atom is -0.387 e. The van der Waals surface area contributed by atoms with Gasteiger partial charge in [0.25, 0.3) is 6.26 Å². The van der Waals surface area contributed by atoms with Gasteiger partial charge in [-0.3, -0.25) is 0 Å². The van der Waals surface area contributed by atoms with Crippen LogP contribution in [0.25, 0.3) is 0 Å². The molecule has 0 bridgehead atoms. The maximum Gasteiger partial charge on any atom is 0.292 e. The molecule has 0 unspecified atom stereocenters. The van der Waals surface area contributed by atoms with Crippen molar-refractivity contribution in [2.45, 2.75) is 52.4 Å². The molecular weight excluding hydrogens is 210 g/mol. The van der Waals surface area contributed by atoms with Gasteiger partial charge in [0.05, 0.1) is 0 Å². The third-order valence-electron chi connectivity index (χ3n) is 2.93. The molecule has 2 nitrogen and oxygen atoms in total. The van der Waals surface area contributed by atoms with E-state index in [1.54, 1.807) is 0 Å². The molecule has 0 aliphatic heterocycles. The van der Waals surface area contributed by atoms with E-state index in [-0.39, 0.29) is 0 Å². The summed E-state index contributed by atoms with van der Waals surface area (Å²) >= 11 is 0. The Hall–Kier alpha value is -1.49. The molecule has 0 atom stereocenters. The summed E-state index contributed by atoms with van der Waals surface area (Å²) in [6, 6.07) is 6.20. The van der Waals surface area contributed by atoms with Crippen molar-refractivity contribution in [1.29, 1.82) is 5.26 Å². The van der Waals surface area contributed by atoms with Crippen LogP contribution in [0.4, 0.5) is 0 Å². The van der Waals surface area contributed by atoms with E-state index < -0.39 is 0 Å². The fraction of sp³-hybridized carbons (Fsp3) is 0.533. The second-order valence-corrected chi connectivity index (χ2v) is 4.31. The monoisotopic (exact) mass is 231 g/mol. The molecule has 92 valence electrons. The molecular formula is C15H21NO. The summed E-state index contributed by atoms with van der Waals surface area (Å²) < 4.78 is 5.17. The Kier molecular flexibility index (Phi) is 6.17. The number of nitrogens with zero attached hydrogens (tertiary/aromatic N) is 1. The van der Waals surface area contributed by atoms with Crippen molar-refractivity contribution in [2.24, 2.45) is 0 Å². The van der Waals surface area contributed by atoms with Crippen LogP contribution < -0.4 is 4.74 Å². The van der Waals surface area contributed by atoms with E-state index in [4.69, 9.17) is 10.00 Å². The zero-order chi connectivity index (χ0) is 12.5. The molecule has 0 fully saturated rings. The molecule has 0 saturated heterocycles. The van der Waals surface area contributed by atoms with Gasteiger partial charge in [0.2, 0.25) is 0 Å². The largest absolute Gasteiger partial charge is 0.387 e. The van der Waals surface area contributed by atoms with Gasteiger partial charge in [-0.25, -0.2) is 0 Å². The van der Waals surface area contributed by atoms with Crippen LogP contribution in [0, 0.1) is 11.5 Å².